The van der Waals surface area contributed by atoms with E-state index in [1.807, 2.05) is 6.92 Å². The lowest BCUT2D eigenvalue weighted by molar-refractivity contribution is -0.132. The van der Waals surface area contributed by atoms with Crippen LogP contribution in [0.4, 0.5) is 0 Å². The van der Waals surface area contributed by atoms with Gasteiger partial charge in [-0.2, -0.15) is 5.26 Å². The van der Waals surface area contributed by atoms with Crippen molar-refractivity contribution in [2.24, 2.45) is 5.92 Å². The van der Waals surface area contributed by atoms with Crippen molar-refractivity contribution < 1.29 is 4.79 Å². The molecule has 0 aromatic rings. The van der Waals surface area contributed by atoms with Gasteiger partial charge in [-0.05, 0) is 25.7 Å². The van der Waals surface area contributed by atoms with Gasteiger partial charge in [0.15, 0.2) is 0 Å². The smallest absolute Gasteiger partial charge is 0.241 e. The number of nitriles is 1. The quantitative estimate of drug-likeness (QED) is 0.859. The van der Waals surface area contributed by atoms with Gasteiger partial charge < -0.3 is 10.2 Å². The highest BCUT2D eigenvalue weighted by Crippen LogP contribution is 2.25. The summed E-state index contributed by atoms with van der Waals surface area (Å²) in [5.74, 6) is 2.12. The molecule has 2 rings (SSSR count). The van der Waals surface area contributed by atoms with E-state index in [1.165, 1.54) is 19.3 Å². The summed E-state index contributed by atoms with van der Waals surface area (Å²) in [6.45, 7) is 4.19. The normalized spacial score (nSPS) is 32.9. The van der Waals surface area contributed by atoms with Gasteiger partial charge in [-0.15, -0.1) is 11.8 Å². The number of hydrogen-bond acceptors (Lipinski definition) is 4. The van der Waals surface area contributed by atoms with E-state index in [1.54, 1.807) is 16.7 Å². The summed E-state index contributed by atoms with van der Waals surface area (Å²) in [6.07, 6.45) is 4.97. The van der Waals surface area contributed by atoms with Crippen molar-refractivity contribution in [1.29, 1.82) is 5.26 Å². The molecular formula is C14H23N3OS. The van der Waals surface area contributed by atoms with Crippen molar-refractivity contribution in [3.05, 3.63) is 0 Å². The van der Waals surface area contributed by atoms with Gasteiger partial charge in [0.1, 0.15) is 6.04 Å². The SMILES string of the molecule is CC(NC1CCCCC1C)C(=O)N1CSCC1C#N. The van der Waals surface area contributed by atoms with Crippen LogP contribution in [0.2, 0.25) is 0 Å². The van der Waals surface area contributed by atoms with Crippen LogP contribution in [0.5, 0.6) is 0 Å². The lowest BCUT2D eigenvalue weighted by Gasteiger charge is -2.33. The fraction of sp³-hybridized carbons (Fsp3) is 0.857. The molecule has 106 valence electrons. The molecule has 0 spiro atoms. The monoisotopic (exact) mass is 281 g/mol. The molecule has 1 saturated carbocycles. The van der Waals surface area contributed by atoms with E-state index >= 15 is 0 Å². The highest BCUT2D eigenvalue weighted by Gasteiger charge is 2.33. The number of hydrogen-bond donors (Lipinski definition) is 1. The summed E-state index contributed by atoms with van der Waals surface area (Å²) in [5, 5.41) is 12.5. The van der Waals surface area contributed by atoms with Gasteiger partial charge >= 0.3 is 0 Å². The van der Waals surface area contributed by atoms with Crippen LogP contribution in [0.25, 0.3) is 0 Å². The second-order valence-electron chi connectivity index (χ2n) is 5.71. The predicted octanol–water partition coefficient (Wildman–Crippen LogP) is 1.97. The minimum absolute atomic E-state index is 0.0781. The van der Waals surface area contributed by atoms with E-state index in [0.29, 0.717) is 17.8 Å². The minimum atomic E-state index is -0.245. The first-order valence-corrected chi connectivity index (χ1v) is 8.33. The maximum Gasteiger partial charge on any atom is 0.241 e. The molecule has 2 aliphatic rings. The summed E-state index contributed by atoms with van der Waals surface area (Å²) in [6, 6.07) is 2.24. The van der Waals surface area contributed by atoms with Crippen molar-refractivity contribution in [1.82, 2.24) is 10.2 Å². The minimum Gasteiger partial charge on any atom is -0.315 e. The molecule has 1 heterocycles. The predicted molar refractivity (Wildman–Crippen MR) is 77.6 cm³/mol. The lowest BCUT2D eigenvalue weighted by Crippen LogP contribution is -2.51. The molecule has 4 unspecified atom stereocenters. The average Bonchev–Trinajstić information content (AvgIpc) is 2.88. The van der Waals surface area contributed by atoms with Crippen LogP contribution in [-0.2, 0) is 4.79 Å². The number of rotatable bonds is 3. The van der Waals surface area contributed by atoms with Gasteiger partial charge in [0.25, 0.3) is 0 Å². The maximum absolute atomic E-state index is 12.4. The van der Waals surface area contributed by atoms with E-state index in [9.17, 15) is 4.79 Å². The molecule has 0 aromatic carbocycles. The Morgan fingerprint density at radius 2 is 2.21 bits per heavy atom. The zero-order chi connectivity index (χ0) is 13.8. The lowest BCUT2D eigenvalue weighted by atomic mass is 9.85. The Kier molecular flexibility index (Phi) is 5.12. The number of nitrogens with one attached hydrogen (secondary N) is 1. The number of amides is 1. The molecule has 0 bridgehead atoms. The Hall–Kier alpha value is -0.730. The van der Waals surface area contributed by atoms with E-state index in [2.05, 4.69) is 18.3 Å². The van der Waals surface area contributed by atoms with Gasteiger partial charge in [-0.3, -0.25) is 4.79 Å². The summed E-state index contributed by atoms with van der Waals surface area (Å²) in [4.78, 5) is 14.1. The van der Waals surface area contributed by atoms with Gasteiger partial charge in [0.2, 0.25) is 5.91 Å². The third-order valence-corrected chi connectivity index (χ3v) is 5.27. The van der Waals surface area contributed by atoms with Crippen molar-refractivity contribution >= 4 is 17.7 Å². The Morgan fingerprint density at radius 1 is 1.47 bits per heavy atom. The molecule has 1 saturated heterocycles. The Balaban J connectivity index is 1.90. The molecule has 4 nitrogen and oxygen atoms in total. The standard InChI is InChI=1S/C14H23N3OS/c1-10-5-3-4-6-13(10)16-11(2)14(18)17-9-19-8-12(17)7-15/h10-13,16H,3-6,8-9H2,1-2H3. The second-order valence-corrected chi connectivity index (χ2v) is 6.71. The first kappa shape index (κ1) is 14.7. The summed E-state index contributed by atoms with van der Waals surface area (Å²) >= 11 is 1.66. The number of thioether (sulfide) groups is 1. The molecule has 1 aliphatic heterocycles. The van der Waals surface area contributed by atoms with Crippen LogP contribution >= 0.6 is 11.8 Å². The molecule has 2 fully saturated rings. The number of nitrogens with zero attached hydrogens (tertiary/aromatic N) is 2. The Morgan fingerprint density at radius 3 is 2.89 bits per heavy atom. The van der Waals surface area contributed by atoms with Crippen molar-refractivity contribution in [2.75, 3.05) is 11.6 Å². The van der Waals surface area contributed by atoms with Crippen LogP contribution in [0.15, 0.2) is 0 Å². The second kappa shape index (κ2) is 6.62. The van der Waals surface area contributed by atoms with Crippen molar-refractivity contribution in [2.45, 2.75) is 57.7 Å². The van der Waals surface area contributed by atoms with E-state index < -0.39 is 0 Å². The van der Waals surface area contributed by atoms with Crippen LogP contribution in [0.1, 0.15) is 39.5 Å². The van der Waals surface area contributed by atoms with E-state index in [0.717, 1.165) is 12.2 Å². The van der Waals surface area contributed by atoms with Gasteiger partial charge in [-0.1, -0.05) is 19.8 Å². The average molecular weight is 281 g/mol. The van der Waals surface area contributed by atoms with Crippen molar-refractivity contribution in [3.8, 4) is 6.07 Å². The summed E-state index contributed by atoms with van der Waals surface area (Å²) < 4.78 is 0. The van der Waals surface area contributed by atoms with Gasteiger partial charge in [-0.25, -0.2) is 0 Å². The molecule has 4 atom stereocenters. The summed E-state index contributed by atoms with van der Waals surface area (Å²) in [5.41, 5.74) is 0. The first-order valence-electron chi connectivity index (χ1n) is 7.17. The van der Waals surface area contributed by atoms with Crippen molar-refractivity contribution in [3.63, 3.8) is 0 Å². The third-order valence-electron chi connectivity index (χ3n) is 4.26. The largest absolute Gasteiger partial charge is 0.315 e. The van der Waals surface area contributed by atoms with Crippen LogP contribution < -0.4 is 5.32 Å². The number of carbonyl (C=O) groups is 1. The fourth-order valence-electron chi connectivity index (χ4n) is 2.97. The molecule has 5 heteroatoms. The highest BCUT2D eigenvalue weighted by atomic mass is 32.2. The molecule has 0 radical (unpaired) electrons. The van der Waals surface area contributed by atoms with Crippen LogP contribution in [0, 0.1) is 17.2 Å². The highest BCUT2D eigenvalue weighted by molar-refractivity contribution is 7.99. The zero-order valence-corrected chi connectivity index (χ0v) is 12.6. The Labute approximate surface area is 119 Å². The van der Waals surface area contributed by atoms with Crippen LogP contribution in [0.3, 0.4) is 0 Å². The molecule has 1 N–H and O–H groups in total. The van der Waals surface area contributed by atoms with Gasteiger partial charge in [0.05, 0.1) is 18.0 Å². The van der Waals surface area contributed by atoms with E-state index in [4.69, 9.17) is 5.26 Å². The first-order chi connectivity index (χ1) is 9.13. The van der Waals surface area contributed by atoms with Gasteiger partial charge in [0, 0.05) is 11.8 Å². The fourth-order valence-corrected chi connectivity index (χ4v) is 4.06. The molecular weight excluding hydrogens is 258 g/mol. The molecule has 0 aromatic heterocycles. The molecule has 1 amide bonds. The zero-order valence-electron chi connectivity index (χ0n) is 11.8. The third kappa shape index (κ3) is 3.43. The molecule has 19 heavy (non-hydrogen) atoms. The Bertz CT molecular complexity index is 368. The topological polar surface area (TPSA) is 56.1 Å². The number of carbonyl (C=O) groups excluding carboxylic acids is 1. The summed E-state index contributed by atoms with van der Waals surface area (Å²) in [7, 11) is 0. The van der Waals surface area contributed by atoms with Crippen LogP contribution in [-0.4, -0.2) is 40.6 Å². The maximum atomic E-state index is 12.4. The molecule has 1 aliphatic carbocycles. The van der Waals surface area contributed by atoms with E-state index in [-0.39, 0.29) is 18.0 Å².